The molecule has 0 bridgehead atoms. The molecule has 94 valence electrons. The van der Waals surface area contributed by atoms with Gasteiger partial charge >= 0.3 is 0 Å². The van der Waals surface area contributed by atoms with Crippen molar-refractivity contribution in [3.05, 3.63) is 23.2 Å². The van der Waals surface area contributed by atoms with Crippen LogP contribution in [0.3, 0.4) is 0 Å². The molecule has 0 spiro atoms. The average Bonchev–Trinajstić information content (AvgIpc) is 2.34. The molecule has 1 aromatic rings. The highest BCUT2D eigenvalue weighted by Crippen LogP contribution is 2.32. The van der Waals surface area contributed by atoms with E-state index < -0.39 is 0 Å². The Kier molecular flexibility index (Phi) is 4.16. The highest BCUT2D eigenvalue weighted by Gasteiger charge is 2.21. The lowest BCUT2D eigenvalue weighted by Gasteiger charge is -2.36. The van der Waals surface area contributed by atoms with E-state index in [0.717, 1.165) is 17.9 Å². The van der Waals surface area contributed by atoms with Gasteiger partial charge in [0, 0.05) is 17.6 Å². The van der Waals surface area contributed by atoms with Gasteiger partial charge < -0.3 is 10.6 Å². The molecule has 1 aromatic carbocycles. The third kappa shape index (κ3) is 2.86. The van der Waals surface area contributed by atoms with Gasteiger partial charge in [-0.3, -0.25) is 0 Å². The summed E-state index contributed by atoms with van der Waals surface area (Å²) in [5.74, 6) is 0. The maximum Gasteiger partial charge on any atom is 0.0603 e. The molecule has 2 N–H and O–H groups in total. The molecule has 17 heavy (non-hydrogen) atoms. The third-order valence-electron chi connectivity index (χ3n) is 3.66. The summed E-state index contributed by atoms with van der Waals surface area (Å²) < 4.78 is 0. The second kappa shape index (κ2) is 5.63. The number of hydrogen-bond acceptors (Lipinski definition) is 2. The molecule has 0 atom stereocenters. The van der Waals surface area contributed by atoms with Crippen molar-refractivity contribution in [1.29, 1.82) is 0 Å². The molecule has 2 nitrogen and oxygen atoms in total. The van der Waals surface area contributed by atoms with E-state index >= 15 is 0 Å². The Morgan fingerprint density at radius 1 is 1.29 bits per heavy atom. The lowest BCUT2D eigenvalue weighted by atomic mass is 9.93. The molecule has 1 aliphatic rings. The van der Waals surface area contributed by atoms with Crippen LogP contribution in [0.4, 0.5) is 11.4 Å². The zero-order valence-electron chi connectivity index (χ0n) is 10.5. The normalized spacial score (nSPS) is 17.1. The van der Waals surface area contributed by atoms with Crippen LogP contribution in [0, 0.1) is 0 Å². The van der Waals surface area contributed by atoms with Gasteiger partial charge in [-0.05, 0) is 38.0 Å². The van der Waals surface area contributed by atoms with Gasteiger partial charge in [0.05, 0.1) is 11.4 Å². The third-order valence-corrected chi connectivity index (χ3v) is 3.89. The summed E-state index contributed by atoms with van der Waals surface area (Å²) in [5, 5.41) is 0.714. The van der Waals surface area contributed by atoms with Crippen LogP contribution in [0.2, 0.25) is 5.02 Å². The van der Waals surface area contributed by atoms with Crippen LogP contribution < -0.4 is 10.6 Å². The van der Waals surface area contributed by atoms with Crippen molar-refractivity contribution in [1.82, 2.24) is 0 Å². The molecule has 3 heteroatoms. The SMILES string of the molecule is CCN(c1ccc(Cl)cc1N)C1CCCCC1. The quantitative estimate of drug-likeness (QED) is 0.822. The predicted molar refractivity (Wildman–Crippen MR) is 75.8 cm³/mol. The first-order valence-electron chi connectivity index (χ1n) is 6.54. The van der Waals surface area contributed by atoms with Crippen LogP contribution in [0.15, 0.2) is 18.2 Å². The van der Waals surface area contributed by atoms with Gasteiger partial charge in [0.1, 0.15) is 0 Å². The maximum absolute atomic E-state index is 6.08. The molecule has 0 amide bonds. The minimum atomic E-state index is 0.650. The van der Waals surface area contributed by atoms with Crippen LogP contribution in [0.1, 0.15) is 39.0 Å². The first-order valence-corrected chi connectivity index (χ1v) is 6.92. The summed E-state index contributed by atoms with van der Waals surface area (Å²) in [4.78, 5) is 2.44. The Bertz CT molecular complexity index is 372. The molecule has 0 aliphatic heterocycles. The van der Waals surface area contributed by atoms with Crippen molar-refractivity contribution in [3.63, 3.8) is 0 Å². The van der Waals surface area contributed by atoms with Gasteiger partial charge in [-0.25, -0.2) is 0 Å². The molecule has 1 fully saturated rings. The highest BCUT2D eigenvalue weighted by atomic mass is 35.5. The van der Waals surface area contributed by atoms with Crippen molar-refractivity contribution >= 4 is 23.0 Å². The Hall–Kier alpha value is -0.890. The van der Waals surface area contributed by atoms with Crippen LogP contribution in [0.25, 0.3) is 0 Å². The number of nitrogens with two attached hydrogens (primary N) is 1. The monoisotopic (exact) mass is 252 g/mol. The molecule has 1 aliphatic carbocycles. The summed E-state index contributed by atoms with van der Waals surface area (Å²) >= 11 is 5.95. The summed E-state index contributed by atoms with van der Waals surface area (Å²) in [7, 11) is 0. The number of nitrogens with zero attached hydrogens (tertiary/aromatic N) is 1. The van der Waals surface area contributed by atoms with E-state index in [4.69, 9.17) is 17.3 Å². The first kappa shape index (κ1) is 12.6. The van der Waals surface area contributed by atoms with Crippen molar-refractivity contribution in [2.45, 2.75) is 45.1 Å². The van der Waals surface area contributed by atoms with E-state index in [1.165, 1.54) is 32.1 Å². The standard InChI is InChI=1S/C14H21ClN2/c1-2-17(12-6-4-3-5-7-12)14-9-8-11(15)10-13(14)16/h8-10,12H,2-7,16H2,1H3. The lowest BCUT2D eigenvalue weighted by Crippen LogP contribution is -2.37. The second-order valence-electron chi connectivity index (χ2n) is 4.78. The van der Waals surface area contributed by atoms with E-state index in [2.05, 4.69) is 17.9 Å². The lowest BCUT2D eigenvalue weighted by molar-refractivity contribution is 0.418. The Labute approximate surface area is 109 Å². The van der Waals surface area contributed by atoms with E-state index in [0.29, 0.717) is 11.1 Å². The van der Waals surface area contributed by atoms with Gasteiger partial charge in [0.25, 0.3) is 0 Å². The molecule has 0 heterocycles. The maximum atomic E-state index is 6.08. The fourth-order valence-electron chi connectivity index (χ4n) is 2.80. The van der Waals surface area contributed by atoms with Crippen LogP contribution in [-0.4, -0.2) is 12.6 Å². The largest absolute Gasteiger partial charge is 0.397 e. The minimum Gasteiger partial charge on any atom is -0.397 e. The van der Waals surface area contributed by atoms with E-state index in [-0.39, 0.29) is 0 Å². The van der Waals surface area contributed by atoms with Gasteiger partial charge in [-0.15, -0.1) is 0 Å². The van der Waals surface area contributed by atoms with Crippen LogP contribution in [0.5, 0.6) is 0 Å². The highest BCUT2D eigenvalue weighted by molar-refractivity contribution is 6.31. The molecule has 1 saturated carbocycles. The molecule has 0 saturated heterocycles. The molecule has 2 rings (SSSR count). The van der Waals surface area contributed by atoms with E-state index in [1.807, 2.05) is 12.1 Å². The van der Waals surface area contributed by atoms with Gasteiger partial charge in [-0.2, -0.15) is 0 Å². The van der Waals surface area contributed by atoms with Crippen molar-refractivity contribution in [2.24, 2.45) is 0 Å². The fraction of sp³-hybridized carbons (Fsp3) is 0.571. The second-order valence-corrected chi connectivity index (χ2v) is 5.22. The molecule has 0 unspecified atom stereocenters. The predicted octanol–water partition coefficient (Wildman–Crippen LogP) is 4.08. The minimum absolute atomic E-state index is 0.650. The van der Waals surface area contributed by atoms with Crippen molar-refractivity contribution < 1.29 is 0 Å². The Morgan fingerprint density at radius 3 is 2.59 bits per heavy atom. The van der Waals surface area contributed by atoms with Gasteiger partial charge in [0.15, 0.2) is 0 Å². The number of anilines is 2. The summed E-state index contributed by atoms with van der Waals surface area (Å²) in [6.45, 7) is 3.21. The summed E-state index contributed by atoms with van der Waals surface area (Å²) in [6.07, 6.45) is 6.64. The summed E-state index contributed by atoms with van der Waals surface area (Å²) in [6, 6.07) is 6.48. The van der Waals surface area contributed by atoms with Crippen LogP contribution in [-0.2, 0) is 0 Å². The van der Waals surface area contributed by atoms with Crippen molar-refractivity contribution in [3.8, 4) is 0 Å². The van der Waals surface area contributed by atoms with Gasteiger partial charge in [-0.1, -0.05) is 30.9 Å². The zero-order chi connectivity index (χ0) is 12.3. The molecule has 0 radical (unpaired) electrons. The number of benzene rings is 1. The van der Waals surface area contributed by atoms with Crippen molar-refractivity contribution in [2.75, 3.05) is 17.2 Å². The number of halogens is 1. The number of rotatable bonds is 3. The van der Waals surface area contributed by atoms with E-state index in [9.17, 15) is 0 Å². The molecular weight excluding hydrogens is 232 g/mol. The molecular formula is C14H21ClN2. The first-order chi connectivity index (χ1) is 8.22. The summed E-state index contributed by atoms with van der Waals surface area (Å²) in [5.41, 5.74) is 8.02. The van der Waals surface area contributed by atoms with E-state index in [1.54, 1.807) is 0 Å². The zero-order valence-corrected chi connectivity index (χ0v) is 11.2. The fourth-order valence-corrected chi connectivity index (χ4v) is 2.99. The van der Waals surface area contributed by atoms with Gasteiger partial charge in [0.2, 0.25) is 0 Å². The molecule has 0 aromatic heterocycles. The Morgan fingerprint density at radius 2 is 2.00 bits per heavy atom. The number of hydrogen-bond donors (Lipinski definition) is 1. The Balaban J connectivity index is 2.21. The number of nitrogen functional groups attached to an aromatic ring is 1. The smallest absolute Gasteiger partial charge is 0.0603 e. The topological polar surface area (TPSA) is 29.3 Å². The van der Waals surface area contributed by atoms with Crippen LogP contribution >= 0.6 is 11.6 Å². The average molecular weight is 253 g/mol.